The first-order valence-electron chi connectivity index (χ1n) is 6.54. The molecule has 1 heterocycles. The van der Waals surface area contributed by atoms with Gasteiger partial charge in [-0.1, -0.05) is 18.2 Å². The van der Waals surface area contributed by atoms with Crippen molar-refractivity contribution in [3.05, 3.63) is 29.8 Å². The lowest BCUT2D eigenvalue weighted by atomic mass is 10.1. The summed E-state index contributed by atoms with van der Waals surface area (Å²) in [7, 11) is 2.08. The third kappa shape index (κ3) is 3.88. The Morgan fingerprint density at radius 3 is 2.74 bits per heavy atom. The van der Waals surface area contributed by atoms with Crippen molar-refractivity contribution in [3.63, 3.8) is 0 Å². The number of nitrogens with zero attached hydrogens (tertiary/aromatic N) is 1. The van der Waals surface area contributed by atoms with Crippen LogP contribution in [0, 0.1) is 0 Å². The lowest BCUT2D eigenvalue weighted by Gasteiger charge is -2.22. The average molecular weight is 270 g/mol. The van der Waals surface area contributed by atoms with Crippen molar-refractivity contribution in [1.29, 1.82) is 0 Å². The average Bonchev–Trinajstić information content (AvgIpc) is 2.74. The summed E-state index contributed by atoms with van der Waals surface area (Å²) in [4.78, 5) is 2.26. The van der Waals surface area contributed by atoms with E-state index in [1.54, 1.807) is 12.1 Å². The number of rotatable bonds is 5. The van der Waals surface area contributed by atoms with Crippen LogP contribution in [0.25, 0.3) is 0 Å². The van der Waals surface area contributed by atoms with E-state index < -0.39 is 6.61 Å². The van der Waals surface area contributed by atoms with Gasteiger partial charge in [0.25, 0.3) is 0 Å². The number of benzene rings is 1. The van der Waals surface area contributed by atoms with Crippen molar-refractivity contribution in [1.82, 2.24) is 10.2 Å². The van der Waals surface area contributed by atoms with E-state index in [9.17, 15) is 8.78 Å². The molecule has 5 heteroatoms. The molecule has 19 heavy (non-hydrogen) atoms. The lowest BCUT2D eigenvalue weighted by molar-refractivity contribution is -0.0506. The molecule has 0 bridgehead atoms. The molecule has 1 N–H and O–H groups in total. The zero-order chi connectivity index (χ0) is 13.8. The fourth-order valence-electron chi connectivity index (χ4n) is 2.56. The Morgan fingerprint density at radius 2 is 2.11 bits per heavy atom. The van der Waals surface area contributed by atoms with E-state index >= 15 is 0 Å². The second kappa shape index (κ2) is 6.30. The van der Waals surface area contributed by atoms with Crippen LogP contribution in [0.15, 0.2) is 24.3 Å². The molecule has 3 nitrogen and oxygen atoms in total. The van der Waals surface area contributed by atoms with Crippen LogP contribution in [0.5, 0.6) is 5.75 Å². The van der Waals surface area contributed by atoms with Gasteiger partial charge in [0.05, 0.1) is 0 Å². The van der Waals surface area contributed by atoms with E-state index in [4.69, 9.17) is 0 Å². The number of halogens is 2. The SMILES string of the molecule is CC(NC1CCN(C)C1)c1ccccc1OC(F)F. The molecule has 106 valence electrons. The van der Waals surface area contributed by atoms with E-state index in [2.05, 4.69) is 22.0 Å². The van der Waals surface area contributed by atoms with Gasteiger partial charge in [-0.15, -0.1) is 0 Å². The Bertz CT molecular complexity index is 414. The summed E-state index contributed by atoms with van der Waals surface area (Å²) in [5.74, 6) is 0.254. The molecule has 0 aromatic heterocycles. The number of alkyl halides is 2. The van der Waals surface area contributed by atoms with Crippen molar-refractivity contribution in [3.8, 4) is 5.75 Å². The third-order valence-electron chi connectivity index (χ3n) is 3.48. The monoisotopic (exact) mass is 270 g/mol. The fourth-order valence-corrected chi connectivity index (χ4v) is 2.56. The van der Waals surface area contributed by atoms with Crippen LogP contribution in [-0.2, 0) is 0 Å². The number of hydrogen-bond acceptors (Lipinski definition) is 3. The number of para-hydroxylation sites is 1. The van der Waals surface area contributed by atoms with Gasteiger partial charge in [-0.05, 0) is 33.0 Å². The van der Waals surface area contributed by atoms with Gasteiger partial charge in [-0.2, -0.15) is 8.78 Å². The molecule has 0 radical (unpaired) electrons. The van der Waals surface area contributed by atoms with Gasteiger partial charge in [0.15, 0.2) is 0 Å². The predicted molar refractivity (Wildman–Crippen MR) is 70.5 cm³/mol. The van der Waals surface area contributed by atoms with Crippen molar-refractivity contribution in [2.45, 2.75) is 32.0 Å². The summed E-state index contributed by atoms with van der Waals surface area (Å²) >= 11 is 0. The Hall–Kier alpha value is -1.20. The van der Waals surface area contributed by atoms with Crippen molar-refractivity contribution in [2.24, 2.45) is 0 Å². The number of ether oxygens (including phenoxy) is 1. The maximum absolute atomic E-state index is 12.4. The van der Waals surface area contributed by atoms with E-state index in [1.807, 2.05) is 19.1 Å². The minimum Gasteiger partial charge on any atom is -0.434 e. The smallest absolute Gasteiger partial charge is 0.387 e. The van der Waals surface area contributed by atoms with Crippen molar-refractivity contribution >= 4 is 0 Å². The number of likely N-dealkylation sites (N-methyl/N-ethyl adjacent to an activating group) is 1. The van der Waals surface area contributed by atoms with Crippen LogP contribution in [0.1, 0.15) is 24.9 Å². The highest BCUT2D eigenvalue weighted by molar-refractivity contribution is 5.35. The second-order valence-corrected chi connectivity index (χ2v) is 5.05. The predicted octanol–water partition coefficient (Wildman–Crippen LogP) is 2.64. The molecule has 0 saturated carbocycles. The van der Waals surface area contributed by atoms with Crippen LogP contribution in [0.3, 0.4) is 0 Å². The molecular weight excluding hydrogens is 250 g/mol. The normalized spacial score (nSPS) is 21.8. The quantitative estimate of drug-likeness (QED) is 0.890. The molecule has 2 atom stereocenters. The van der Waals surface area contributed by atoms with E-state index in [0.29, 0.717) is 6.04 Å². The van der Waals surface area contributed by atoms with E-state index in [1.165, 1.54) is 0 Å². The number of hydrogen-bond donors (Lipinski definition) is 1. The molecule has 2 unspecified atom stereocenters. The molecule has 1 saturated heterocycles. The largest absolute Gasteiger partial charge is 0.434 e. The zero-order valence-electron chi connectivity index (χ0n) is 11.3. The summed E-state index contributed by atoms with van der Waals surface area (Å²) in [6.07, 6.45) is 1.08. The molecule has 0 spiro atoms. The number of likely N-dealkylation sites (tertiary alicyclic amines) is 1. The van der Waals surface area contributed by atoms with Gasteiger partial charge in [0, 0.05) is 24.2 Å². The highest BCUT2D eigenvalue weighted by Gasteiger charge is 2.22. The first-order valence-corrected chi connectivity index (χ1v) is 6.54. The molecule has 1 aliphatic rings. The summed E-state index contributed by atoms with van der Waals surface area (Å²) in [6, 6.07) is 7.35. The van der Waals surface area contributed by atoms with Gasteiger partial charge in [0.2, 0.25) is 0 Å². The van der Waals surface area contributed by atoms with E-state index in [-0.39, 0.29) is 11.8 Å². The summed E-state index contributed by atoms with van der Waals surface area (Å²) in [6.45, 7) is 1.25. The highest BCUT2D eigenvalue weighted by atomic mass is 19.3. The Labute approximate surface area is 112 Å². The fraction of sp³-hybridized carbons (Fsp3) is 0.571. The van der Waals surface area contributed by atoms with Gasteiger partial charge in [-0.3, -0.25) is 0 Å². The molecule has 0 amide bonds. The van der Waals surface area contributed by atoms with E-state index in [0.717, 1.165) is 25.1 Å². The van der Waals surface area contributed by atoms with Crippen LogP contribution >= 0.6 is 0 Å². The van der Waals surface area contributed by atoms with Crippen LogP contribution < -0.4 is 10.1 Å². The van der Waals surface area contributed by atoms with Gasteiger partial charge in [0.1, 0.15) is 5.75 Å². The standard InChI is InChI=1S/C14H20F2N2O/c1-10(17-11-7-8-18(2)9-11)12-5-3-4-6-13(12)19-14(15)16/h3-6,10-11,14,17H,7-9H2,1-2H3. The maximum Gasteiger partial charge on any atom is 0.387 e. The molecule has 2 rings (SSSR count). The third-order valence-corrected chi connectivity index (χ3v) is 3.48. The maximum atomic E-state index is 12.4. The van der Waals surface area contributed by atoms with Crippen LogP contribution in [0.4, 0.5) is 8.78 Å². The summed E-state index contributed by atoms with van der Waals surface area (Å²) in [5.41, 5.74) is 0.775. The molecule has 0 aliphatic carbocycles. The molecular formula is C14H20F2N2O. The Morgan fingerprint density at radius 1 is 1.37 bits per heavy atom. The molecule has 1 aromatic rings. The summed E-state index contributed by atoms with van der Waals surface area (Å²) < 4.78 is 29.3. The van der Waals surface area contributed by atoms with Gasteiger partial charge < -0.3 is 15.0 Å². The second-order valence-electron chi connectivity index (χ2n) is 5.05. The van der Waals surface area contributed by atoms with Crippen molar-refractivity contribution < 1.29 is 13.5 Å². The van der Waals surface area contributed by atoms with Crippen molar-refractivity contribution in [2.75, 3.05) is 20.1 Å². The highest BCUT2D eigenvalue weighted by Crippen LogP contribution is 2.27. The Kier molecular flexibility index (Phi) is 4.71. The van der Waals surface area contributed by atoms with Gasteiger partial charge >= 0.3 is 6.61 Å². The first kappa shape index (κ1) is 14.2. The lowest BCUT2D eigenvalue weighted by Crippen LogP contribution is -2.33. The van der Waals surface area contributed by atoms with Gasteiger partial charge in [-0.25, -0.2) is 0 Å². The topological polar surface area (TPSA) is 24.5 Å². The Balaban J connectivity index is 2.03. The molecule has 1 aliphatic heterocycles. The molecule has 1 aromatic carbocycles. The molecule has 1 fully saturated rings. The summed E-state index contributed by atoms with van der Waals surface area (Å²) in [5, 5.41) is 3.47. The minimum absolute atomic E-state index is 0.00792. The van der Waals surface area contributed by atoms with Crippen LogP contribution in [0.2, 0.25) is 0 Å². The minimum atomic E-state index is -2.79. The number of nitrogens with one attached hydrogen (secondary N) is 1. The van der Waals surface area contributed by atoms with Crippen LogP contribution in [-0.4, -0.2) is 37.7 Å². The zero-order valence-corrected chi connectivity index (χ0v) is 11.3. The first-order chi connectivity index (χ1) is 9.06.